The predicted molar refractivity (Wildman–Crippen MR) is 150 cm³/mol. The number of likely N-dealkylation sites (N-methyl/N-ethyl adjacent to an activating group) is 2. The van der Waals surface area contributed by atoms with Gasteiger partial charge in [-0.15, -0.1) is 0 Å². The van der Waals surface area contributed by atoms with Crippen LogP contribution in [0.5, 0.6) is 0 Å². The van der Waals surface area contributed by atoms with Crippen LogP contribution in [0, 0.1) is 10.7 Å². The van der Waals surface area contributed by atoms with Crippen molar-refractivity contribution in [2.45, 2.75) is 19.1 Å². The molecule has 1 aromatic carbocycles. The largest absolute Gasteiger partial charge is 0.395 e. The molecule has 0 saturated heterocycles. The van der Waals surface area contributed by atoms with E-state index in [1.54, 1.807) is 0 Å². The van der Waals surface area contributed by atoms with Gasteiger partial charge in [0.2, 0.25) is 5.91 Å². The quantitative estimate of drug-likeness (QED) is 0.190. The molecule has 2 atom stereocenters. The highest BCUT2D eigenvalue weighted by Gasteiger charge is 2.33. The van der Waals surface area contributed by atoms with Gasteiger partial charge in [0, 0.05) is 44.2 Å². The molecule has 1 rings (SSSR count). The molecule has 1 aromatic rings. The molecule has 0 aliphatic heterocycles. The lowest BCUT2D eigenvalue weighted by atomic mass is 10.1. The second kappa shape index (κ2) is 14.4. The van der Waals surface area contributed by atoms with Crippen LogP contribution in [0.4, 0.5) is 5.69 Å². The molecule has 2 unspecified atom stereocenters. The number of halogens is 3. The summed E-state index contributed by atoms with van der Waals surface area (Å²) in [5.41, 5.74) is 0.517. The second-order valence-electron chi connectivity index (χ2n) is 7.48. The number of carbonyl (C=O) groups excluding carboxylic acids is 3. The number of carbonyl (C=O) groups is 3. The van der Waals surface area contributed by atoms with Crippen molar-refractivity contribution in [2.75, 3.05) is 58.5 Å². The zero-order chi connectivity index (χ0) is 26.3. The van der Waals surface area contributed by atoms with Gasteiger partial charge in [0.05, 0.1) is 56.0 Å². The first-order valence-electron chi connectivity index (χ1n) is 10.0. The van der Waals surface area contributed by atoms with Crippen molar-refractivity contribution < 1.29 is 39.9 Å². The normalized spacial score (nSPS) is 12.8. The first-order chi connectivity index (χ1) is 15.8. The van der Waals surface area contributed by atoms with Crippen LogP contribution in [-0.4, -0.2) is 119 Å². The Morgan fingerprint density at radius 2 is 1.18 bits per heavy atom. The van der Waals surface area contributed by atoms with Crippen molar-refractivity contribution in [3.8, 4) is 0 Å². The second-order valence-corrected chi connectivity index (χ2v) is 10.7. The van der Waals surface area contributed by atoms with Crippen molar-refractivity contribution in [3.63, 3.8) is 0 Å². The van der Waals surface area contributed by atoms with E-state index >= 15 is 0 Å². The Bertz CT molecular complexity index is 861. The maximum atomic E-state index is 13.4. The molecule has 14 heteroatoms. The Kier molecular flexibility index (Phi) is 13.4. The van der Waals surface area contributed by atoms with Crippen molar-refractivity contribution in [1.29, 1.82) is 0 Å². The lowest BCUT2D eigenvalue weighted by Gasteiger charge is -2.29. The fourth-order valence-corrected chi connectivity index (χ4v) is 7.76. The molecular formula is C20H28I3N3O8. The van der Waals surface area contributed by atoms with Gasteiger partial charge in [-0.2, -0.15) is 0 Å². The fraction of sp³-hybridized carbons (Fsp3) is 0.550. The molecule has 0 bridgehead atoms. The minimum atomic E-state index is -1.16. The van der Waals surface area contributed by atoms with Crippen LogP contribution in [0.25, 0.3) is 0 Å². The van der Waals surface area contributed by atoms with Crippen molar-refractivity contribution in [2.24, 2.45) is 0 Å². The van der Waals surface area contributed by atoms with E-state index in [0.717, 1.165) is 0 Å². The summed E-state index contributed by atoms with van der Waals surface area (Å²) in [6.45, 7) is -0.531. The minimum Gasteiger partial charge on any atom is -0.395 e. The van der Waals surface area contributed by atoms with Crippen LogP contribution in [0.3, 0.4) is 0 Å². The third kappa shape index (κ3) is 7.56. The molecule has 11 nitrogen and oxygen atoms in total. The number of amides is 3. The average Bonchev–Trinajstić information content (AvgIpc) is 2.77. The van der Waals surface area contributed by atoms with E-state index in [0.29, 0.717) is 10.7 Å². The average molecular weight is 819 g/mol. The van der Waals surface area contributed by atoms with E-state index < -0.39 is 43.1 Å². The molecule has 5 N–H and O–H groups in total. The van der Waals surface area contributed by atoms with Gasteiger partial charge in [-0.25, -0.2) is 0 Å². The van der Waals surface area contributed by atoms with Gasteiger partial charge >= 0.3 is 0 Å². The first kappa shape index (κ1) is 31.6. The van der Waals surface area contributed by atoms with Gasteiger partial charge in [-0.3, -0.25) is 14.4 Å². The van der Waals surface area contributed by atoms with Crippen LogP contribution in [-0.2, 0) is 4.79 Å². The standard InChI is InChI=1S/C20H28I3N3O8/c1-10(30)26(4-5-27)18-16(22)13(19(33)24(2)6-11(31)8-28)15(21)14(17(18)23)20(34)25(3)7-12(32)9-29/h11-12,27-29,31-32H,4-9H2,1-3H3. The Labute approximate surface area is 238 Å². The highest BCUT2D eigenvalue weighted by Crippen LogP contribution is 2.39. The zero-order valence-corrected chi connectivity index (χ0v) is 25.3. The van der Waals surface area contributed by atoms with Gasteiger partial charge in [-0.1, -0.05) is 0 Å². The highest BCUT2D eigenvalue weighted by molar-refractivity contribution is 14.1. The van der Waals surface area contributed by atoms with Gasteiger partial charge in [0.1, 0.15) is 0 Å². The molecule has 0 aromatic heterocycles. The van der Waals surface area contributed by atoms with E-state index in [2.05, 4.69) is 0 Å². The third-order valence-corrected chi connectivity index (χ3v) is 7.96. The molecular weight excluding hydrogens is 791 g/mol. The molecule has 3 amide bonds. The Morgan fingerprint density at radius 3 is 1.47 bits per heavy atom. The van der Waals surface area contributed by atoms with Gasteiger partial charge in [0.15, 0.2) is 0 Å². The summed E-state index contributed by atoms with van der Waals surface area (Å²) in [5, 5.41) is 47.4. The summed E-state index contributed by atoms with van der Waals surface area (Å²) < 4.78 is 1.05. The molecule has 0 heterocycles. The lowest BCUT2D eigenvalue weighted by molar-refractivity contribution is -0.116. The van der Waals surface area contributed by atoms with E-state index in [9.17, 15) is 29.7 Å². The summed E-state index contributed by atoms with van der Waals surface area (Å²) in [5.74, 6) is -1.49. The molecule has 0 aliphatic carbocycles. The molecule has 0 saturated carbocycles. The number of aliphatic hydroxyl groups is 5. The van der Waals surface area contributed by atoms with Gasteiger partial charge in [-0.05, 0) is 67.8 Å². The van der Waals surface area contributed by atoms with Crippen molar-refractivity contribution in [1.82, 2.24) is 9.80 Å². The van der Waals surface area contributed by atoms with Crippen LogP contribution in [0.15, 0.2) is 0 Å². The van der Waals surface area contributed by atoms with Gasteiger partial charge in [0.25, 0.3) is 11.8 Å². The number of anilines is 1. The van der Waals surface area contributed by atoms with Gasteiger partial charge < -0.3 is 40.2 Å². The summed E-state index contributed by atoms with van der Waals surface area (Å²) >= 11 is 5.70. The maximum absolute atomic E-state index is 13.4. The predicted octanol–water partition coefficient (Wildman–Crippen LogP) is -0.304. The van der Waals surface area contributed by atoms with Crippen LogP contribution in [0.1, 0.15) is 27.6 Å². The van der Waals surface area contributed by atoms with E-state index in [4.69, 9.17) is 10.2 Å². The molecule has 0 radical (unpaired) electrons. The lowest BCUT2D eigenvalue weighted by Crippen LogP contribution is -2.40. The molecule has 34 heavy (non-hydrogen) atoms. The molecule has 0 spiro atoms. The molecule has 192 valence electrons. The minimum absolute atomic E-state index is 0.0681. The smallest absolute Gasteiger partial charge is 0.255 e. The topological polar surface area (TPSA) is 162 Å². The van der Waals surface area contributed by atoms with E-state index in [-0.39, 0.29) is 43.1 Å². The first-order valence-corrected chi connectivity index (χ1v) is 13.3. The van der Waals surface area contributed by atoms with E-state index in [1.807, 2.05) is 67.8 Å². The summed E-state index contributed by atoms with van der Waals surface area (Å²) in [6.07, 6.45) is -2.33. The summed E-state index contributed by atoms with van der Waals surface area (Å²) in [7, 11) is 2.87. The molecule has 0 fully saturated rings. The summed E-state index contributed by atoms with van der Waals surface area (Å²) in [6, 6.07) is 0. The Morgan fingerprint density at radius 1 is 0.794 bits per heavy atom. The number of benzene rings is 1. The number of aliphatic hydroxyl groups excluding tert-OH is 5. The number of nitrogens with zero attached hydrogens (tertiary/aromatic N) is 3. The van der Waals surface area contributed by atoms with E-state index in [1.165, 1.54) is 35.7 Å². The van der Waals surface area contributed by atoms with Crippen LogP contribution >= 0.6 is 67.8 Å². The van der Waals surface area contributed by atoms with Crippen LogP contribution in [0.2, 0.25) is 0 Å². The van der Waals surface area contributed by atoms with Crippen LogP contribution < -0.4 is 4.90 Å². The monoisotopic (exact) mass is 819 g/mol. The maximum Gasteiger partial charge on any atom is 0.255 e. The fourth-order valence-electron chi connectivity index (χ4n) is 3.09. The number of rotatable bonds is 11. The SMILES string of the molecule is CC(=O)N(CCO)c1c(I)c(C(=O)N(C)CC(O)CO)c(I)c(C(=O)N(C)CC(O)CO)c1I. The highest BCUT2D eigenvalue weighted by atomic mass is 127. The Hall–Kier alpha value is -0.380. The third-order valence-electron chi connectivity index (χ3n) is 4.78. The summed E-state index contributed by atoms with van der Waals surface area (Å²) in [4.78, 5) is 42.9. The zero-order valence-electron chi connectivity index (χ0n) is 18.8. The Balaban J connectivity index is 3.85. The number of hydrogen-bond acceptors (Lipinski definition) is 8. The van der Waals surface area contributed by atoms with Crippen molar-refractivity contribution in [3.05, 3.63) is 21.8 Å². The van der Waals surface area contributed by atoms with Crippen molar-refractivity contribution >= 4 is 91.2 Å². The number of hydrogen-bond donors (Lipinski definition) is 5. The molecule has 0 aliphatic rings.